The Morgan fingerprint density at radius 2 is 2.17 bits per heavy atom. The third kappa shape index (κ3) is 1.71. The van der Waals surface area contributed by atoms with Crippen molar-refractivity contribution < 1.29 is 4.74 Å². The summed E-state index contributed by atoms with van der Waals surface area (Å²) in [7, 11) is 1.61. The number of ether oxygens (including phenoxy) is 1. The van der Waals surface area contributed by atoms with Crippen LogP contribution in [-0.4, -0.2) is 17.1 Å². The molecule has 1 aromatic heterocycles. The van der Waals surface area contributed by atoms with Crippen LogP contribution in [0.3, 0.4) is 0 Å². The zero-order valence-corrected chi connectivity index (χ0v) is 11.0. The number of aryl methyl sites for hydroxylation is 1. The molecule has 0 bridgehead atoms. The number of hydrogen-bond acceptors (Lipinski definition) is 5. The number of nitrogens with zero attached hydrogens (tertiary/aromatic N) is 2. The first kappa shape index (κ1) is 11.3. The minimum absolute atomic E-state index is 0.255. The molecule has 0 saturated heterocycles. The molecule has 0 aliphatic carbocycles. The van der Waals surface area contributed by atoms with Gasteiger partial charge in [0.2, 0.25) is 11.8 Å². The van der Waals surface area contributed by atoms with Gasteiger partial charge in [-0.05, 0) is 19.1 Å². The molecule has 18 heavy (non-hydrogen) atoms. The van der Waals surface area contributed by atoms with Gasteiger partial charge in [0.15, 0.2) is 0 Å². The molecule has 92 valence electrons. The Hall–Kier alpha value is -1.75. The molecule has 0 fully saturated rings. The highest BCUT2D eigenvalue weighted by molar-refractivity contribution is 7.98. The van der Waals surface area contributed by atoms with Gasteiger partial charge in [-0.1, -0.05) is 11.6 Å². The van der Waals surface area contributed by atoms with Gasteiger partial charge in [-0.3, -0.25) is 0 Å². The van der Waals surface area contributed by atoms with Crippen LogP contribution in [0.1, 0.15) is 11.1 Å². The van der Waals surface area contributed by atoms with Crippen LogP contribution in [0.15, 0.2) is 23.1 Å². The fourth-order valence-corrected chi connectivity index (χ4v) is 3.14. The van der Waals surface area contributed by atoms with Gasteiger partial charge in [-0.2, -0.15) is 4.98 Å². The van der Waals surface area contributed by atoms with E-state index in [9.17, 15) is 0 Å². The Labute approximate surface area is 110 Å². The van der Waals surface area contributed by atoms with Gasteiger partial charge < -0.3 is 10.5 Å². The predicted octanol–water partition coefficient (Wildman–Crippen LogP) is 2.65. The number of fused-ring (bicyclic) bond motifs is 3. The molecule has 1 aliphatic rings. The Balaban J connectivity index is 2.29. The normalized spacial score (nSPS) is 12.8. The largest absolute Gasteiger partial charge is 0.481 e. The van der Waals surface area contributed by atoms with Crippen LogP contribution >= 0.6 is 11.8 Å². The van der Waals surface area contributed by atoms with Crippen LogP contribution in [0, 0.1) is 6.92 Å². The van der Waals surface area contributed by atoms with E-state index in [1.54, 1.807) is 18.9 Å². The average Bonchev–Trinajstić information content (AvgIpc) is 2.37. The van der Waals surface area contributed by atoms with Crippen molar-refractivity contribution in [3.8, 4) is 17.1 Å². The number of anilines is 1. The highest BCUT2D eigenvalue weighted by Crippen LogP contribution is 2.43. The molecule has 2 aromatic rings. The maximum Gasteiger partial charge on any atom is 0.223 e. The first-order chi connectivity index (χ1) is 8.69. The SMILES string of the molecule is COc1nc(N)nc2c1CSc1ccc(C)cc1-2. The summed E-state index contributed by atoms with van der Waals surface area (Å²) in [5, 5.41) is 0. The molecule has 5 heteroatoms. The summed E-state index contributed by atoms with van der Waals surface area (Å²) < 4.78 is 5.29. The first-order valence-corrected chi connectivity index (χ1v) is 6.62. The Kier molecular flexibility index (Phi) is 2.63. The van der Waals surface area contributed by atoms with Crippen LogP contribution in [0.4, 0.5) is 5.95 Å². The van der Waals surface area contributed by atoms with Crippen molar-refractivity contribution in [2.24, 2.45) is 0 Å². The molecule has 2 heterocycles. The number of benzene rings is 1. The standard InChI is InChI=1S/C13H13N3OS/c1-7-3-4-10-8(5-7)11-9(6-18-10)12(17-2)16-13(14)15-11/h3-5H,6H2,1-2H3,(H2,14,15,16). The lowest BCUT2D eigenvalue weighted by Gasteiger charge is -2.20. The van der Waals surface area contributed by atoms with Crippen molar-refractivity contribution in [1.82, 2.24) is 9.97 Å². The summed E-state index contributed by atoms with van der Waals surface area (Å²) in [4.78, 5) is 9.74. The van der Waals surface area contributed by atoms with E-state index in [0.717, 1.165) is 22.6 Å². The number of methoxy groups -OCH3 is 1. The Bertz CT molecular complexity index is 628. The second-order valence-corrected chi connectivity index (χ2v) is 5.22. The summed E-state index contributed by atoms with van der Waals surface area (Å²) in [5.41, 5.74) is 9.99. The number of nitrogen functional groups attached to an aromatic ring is 1. The van der Waals surface area contributed by atoms with Crippen molar-refractivity contribution >= 4 is 17.7 Å². The van der Waals surface area contributed by atoms with Crippen molar-refractivity contribution in [2.45, 2.75) is 17.6 Å². The van der Waals surface area contributed by atoms with Gasteiger partial charge in [0.05, 0.1) is 18.4 Å². The van der Waals surface area contributed by atoms with Crippen molar-refractivity contribution in [2.75, 3.05) is 12.8 Å². The van der Waals surface area contributed by atoms with Gasteiger partial charge in [0.1, 0.15) is 0 Å². The summed E-state index contributed by atoms with van der Waals surface area (Å²) in [6.45, 7) is 2.07. The fourth-order valence-electron chi connectivity index (χ4n) is 2.11. The Morgan fingerprint density at radius 3 is 2.94 bits per heavy atom. The van der Waals surface area contributed by atoms with Crippen LogP contribution in [0.5, 0.6) is 5.88 Å². The van der Waals surface area contributed by atoms with E-state index >= 15 is 0 Å². The van der Waals surface area contributed by atoms with E-state index in [2.05, 4.69) is 35.1 Å². The van der Waals surface area contributed by atoms with Gasteiger partial charge in [-0.25, -0.2) is 4.98 Å². The smallest absolute Gasteiger partial charge is 0.223 e. The van der Waals surface area contributed by atoms with Crippen LogP contribution < -0.4 is 10.5 Å². The first-order valence-electron chi connectivity index (χ1n) is 5.63. The topological polar surface area (TPSA) is 61.0 Å². The molecule has 1 aliphatic heterocycles. The van der Waals surface area contributed by atoms with E-state index in [1.807, 2.05) is 0 Å². The van der Waals surface area contributed by atoms with Crippen molar-refractivity contribution in [1.29, 1.82) is 0 Å². The minimum Gasteiger partial charge on any atom is -0.481 e. The highest BCUT2D eigenvalue weighted by atomic mass is 32.2. The van der Waals surface area contributed by atoms with E-state index in [4.69, 9.17) is 10.5 Å². The maximum absolute atomic E-state index is 5.74. The monoisotopic (exact) mass is 259 g/mol. The second-order valence-electron chi connectivity index (χ2n) is 4.21. The molecule has 0 amide bonds. The van der Waals surface area contributed by atoms with Gasteiger partial charge >= 0.3 is 0 Å². The molecule has 0 unspecified atom stereocenters. The zero-order valence-electron chi connectivity index (χ0n) is 10.2. The summed E-state index contributed by atoms with van der Waals surface area (Å²) in [6, 6.07) is 6.37. The molecule has 3 rings (SSSR count). The average molecular weight is 259 g/mol. The van der Waals surface area contributed by atoms with Crippen LogP contribution in [0.25, 0.3) is 11.3 Å². The van der Waals surface area contributed by atoms with E-state index in [0.29, 0.717) is 5.88 Å². The molecular weight excluding hydrogens is 246 g/mol. The summed E-state index contributed by atoms with van der Waals surface area (Å²) in [6.07, 6.45) is 0. The molecular formula is C13H13N3OS. The molecule has 4 nitrogen and oxygen atoms in total. The molecule has 0 atom stereocenters. The highest BCUT2D eigenvalue weighted by Gasteiger charge is 2.23. The van der Waals surface area contributed by atoms with Gasteiger partial charge in [0, 0.05) is 16.2 Å². The summed E-state index contributed by atoms with van der Waals surface area (Å²) in [5.74, 6) is 1.65. The third-order valence-electron chi connectivity index (χ3n) is 2.94. The number of aromatic nitrogens is 2. The molecule has 1 aromatic carbocycles. The quantitative estimate of drug-likeness (QED) is 0.853. The summed E-state index contributed by atoms with van der Waals surface area (Å²) >= 11 is 1.77. The lowest BCUT2D eigenvalue weighted by Crippen LogP contribution is -2.07. The lowest BCUT2D eigenvalue weighted by atomic mass is 10.0. The molecule has 0 radical (unpaired) electrons. The van der Waals surface area contributed by atoms with Gasteiger partial charge in [0.25, 0.3) is 0 Å². The molecule has 0 spiro atoms. The number of thioether (sulfide) groups is 1. The number of rotatable bonds is 1. The Morgan fingerprint density at radius 1 is 1.33 bits per heavy atom. The fraction of sp³-hybridized carbons (Fsp3) is 0.231. The minimum atomic E-state index is 0.255. The van der Waals surface area contributed by atoms with Gasteiger partial charge in [-0.15, -0.1) is 11.8 Å². The molecule has 2 N–H and O–H groups in total. The molecule has 0 saturated carbocycles. The van der Waals surface area contributed by atoms with Crippen LogP contribution in [-0.2, 0) is 5.75 Å². The second kappa shape index (κ2) is 4.17. The van der Waals surface area contributed by atoms with E-state index < -0.39 is 0 Å². The zero-order chi connectivity index (χ0) is 12.7. The number of hydrogen-bond donors (Lipinski definition) is 1. The van der Waals surface area contributed by atoms with E-state index in [-0.39, 0.29) is 5.95 Å². The van der Waals surface area contributed by atoms with Crippen molar-refractivity contribution in [3.05, 3.63) is 29.3 Å². The van der Waals surface area contributed by atoms with E-state index in [1.165, 1.54) is 10.5 Å². The third-order valence-corrected chi connectivity index (χ3v) is 4.04. The predicted molar refractivity (Wildman–Crippen MR) is 72.7 cm³/mol. The number of nitrogens with two attached hydrogens (primary N) is 1. The van der Waals surface area contributed by atoms with Crippen molar-refractivity contribution in [3.63, 3.8) is 0 Å². The lowest BCUT2D eigenvalue weighted by molar-refractivity contribution is 0.394. The maximum atomic E-state index is 5.74. The van der Waals surface area contributed by atoms with Crippen LogP contribution in [0.2, 0.25) is 0 Å².